The molecule has 1 heterocycles. The SMILES string of the molecule is CCOc1ccc(N2C(=O)NC(=O)/C(=C\c3cc(OC)c(OC)c(OC)c3)C2=O)cc1. The van der Waals surface area contributed by atoms with E-state index >= 15 is 0 Å². The summed E-state index contributed by atoms with van der Waals surface area (Å²) in [4.78, 5) is 38.7. The minimum Gasteiger partial charge on any atom is -0.494 e. The van der Waals surface area contributed by atoms with E-state index in [0.717, 1.165) is 4.90 Å². The van der Waals surface area contributed by atoms with E-state index in [1.165, 1.54) is 27.4 Å². The number of barbiturate groups is 1. The molecule has 0 atom stereocenters. The number of carbonyl (C=O) groups is 3. The number of nitrogens with one attached hydrogen (secondary N) is 1. The average molecular weight is 426 g/mol. The van der Waals surface area contributed by atoms with Gasteiger partial charge in [0.1, 0.15) is 11.3 Å². The van der Waals surface area contributed by atoms with E-state index in [1.807, 2.05) is 6.92 Å². The van der Waals surface area contributed by atoms with Crippen LogP contribution in [0.25, 0.3) is 6.08 Å². The lowest BCUT2D eigenvalue weighted by atomic mass is 10.1. The molecule has 1 fully saturated rings. The van der Waals surface area contributed by atoms with Crippen molar-refractivity contribution in [1.82, 2.24) is 5.32 Å². The second-order valence-corrected chi connectivity index (χ2v) is 6.34. The van der Waals surface area contributed by atoms with Gasteiger partial charge >= 0.3 is 6.03 Å². The summed E-state index contributed by atoms with van der Waals surface area (Å²) in [5, 5.41) is 2.19. The lowest BCUT2D eigenvalue weighted by Crippen LogP contribution is -2.54. The van der Waals surface area contributed by atoms with Crippen LogP contribution in [0, 0.1) is 0 Å². The molecule has 1 aliphatic rings. The van der Waals surface area contributed by atoms with Gasteiger partial charge in [-0.3, -0.25) is 14.9 Å². The van der Waals surface area contributed by atoms with Crippen molar-refractivity contribution in [2.75, 3.05) is 32.8 Å². The highest BCUT2D eigenvalue weighted by Crippen LogP contribution is 2.39. The molecule has 0 bridgehead atoms. The smallest absolute Gasteiger partial charge is 0.335 e. The number of benzene rings is 2. The first-order valence-corrected chi connectivity index (χ1v) is 9.37. The molecular formula is C22H22N2O7. The van der Waals surface area contributed by atoms with Crippen molar-refractivity contribution in [1.29, 1.82) is 0 Å². The number of methoxy groups -OCH3 is 3. The molecule has 1 N–H and O–H groups in total. The maximum atomic E-state index is 13.1. The molecule has 9 nitrogen and oxygen atoms in total. The second-order valence-electron chi connectivity index (χ2n) is 6.34. The van der Waals surface area contributed by atoms with E-state index in [4.69, 9.17) is 18.9 Å². The number of carbonyl (C=O) groups excluding carboxylic acids is 3. The number of nitrogens with zero attached hydrogens (tertiary/aromatic N) is 1. The lowest BCUT2D eigenvalue weighted by Gasteiger charge is -2.26. The molecule has 4 amide bonds. The number of imide groups is 2. The summed E-state index contributed by atoms with van der Waals surface area (Å²) in [5.74, 6) is 0.129. The molecule has 1 aliphatic heterocycles. The Kier molecular flexibility index (Phi) is 6.44. The summed E-state index contributed by atoms with van der Waals surface area (Å²) in [6.45, 7) is 2.33. The topological polar surface area (TPSA) is 103 Å². The molecule has 0 aliphatic carbocycles. The van der Waals surface area contributed by atoms with Crippen LogP contribution in [0.2, 0.25) is 0 Å². The third-order valence-corrected chi connectivity index (χ3v) is 4.51. The van der Waals surface area contributed by atoms with Crippen molar-refractivity contribution >= 4 is 29.6 Å². The molecule has 31 heavy (non-hydrogen) atoms. The minimum atomic E-state index is -0.832. The third-order valence-electron chi connectivity index (χ3n) is 4.51. The molecule has 2 aromatic rings. The van der Waals surface area contributed by atoms with Crippen LogP contribution in [-0.4, -0.2) is 45.8 Å². The van der Waals surface area contributed by atoms with Gasteiger partial charge in [0.05, 0.1) is 33.6 Å². The van der Waals surface area contributed by atoms with Crippen molar-refractivity contribution in [3.8, 4) is 23.0 Å². The number of anilines is 1. The highest BCUT2D eigenvalue weighted by molar-refractivity contribution is 6.39. The van der Waals surface area contributed by atoms with Crippen molar-refractivity contribution in [3.05, 3.63) is 47.5 Å². The van der Waals surface area contributed by atoms with Crippen LogP contribution >= 0.6 is 0 Å². The van der Waals surface area contributed by atoms with E-state index in [1.54, 1.807) is 36.4 Å². The van der Waals surface area contributed by atoms with Crippen molar-refractivity contribution in [2.45, 2.75) is 6.92 Å². The van der Waals surface area contributed by atoms with E-state index in [-0.39, 0.29) is 5.57 Å². The molecule has 0 saturated carbocycles. The highest BCUT2D eigenvalue weighted by Gasteiger charge is 2.37. The fraction of sp³-hybridized carbons (Fsp3) is 0.227. The summed E-state index contributed by atoms with van der Waals surface area (Å²) in [6, 6.07) is 8.75. The molecule has 0 radical (unpaired) electrons. The van der Waals surface area contributed by atoms with Crippen LogP contribution in [0.3, 0.4) is 0 Å². The zero-order chi connectivity index (χ0) is 22.5. The van der Waals surface area contributed by atoms with Crippen LogP contribution in [0.1, 0.15) is 12.5 Å². The third kappa shape index (κ3) is 4.30. The fourth-order valence-electron chi connectivity index (χ4n) is 3.10. The Hall–Kier alpha value is -4.01. The monoisotopic (exact) mass is 426 g/mol. The van der Waals surface area contributed by atoms with Gasteiger partial charge in [-0.2, -0.15) is 0 Å². The Morgan fingerprint density at radius 2 is 1.55 bits per heavy atom. The normalized spacial score (nSPS) is 15.0. The van der Waals surface area contributed by atoms with Gasteiger partial charge in [-0.05, 0) is 55.0 Å². The Labute approximate surface area is 179 Å². The molecule has 3 rings (SSSR count). The fourth-order valence-corrected chi connectivity index (χ4v) is 3.10. The van der Waals surface area contributed by atoms with Gasteiger partial charge in [0.15, 0.2) is 11.5 Å². The molecule has 0 spiro atoms. The highest BCUT2D eigenvalue weighted by atomic mass is 16.5. The molecule has 0 aromatic heterocycles. The molecule has 2 aromatic carbocycles. The zero-order valence-corrected chi connectivity index (χ0v) is 17.6. The van der Waals surface area contributed by atoms with Crippen LogP contribution in [0.4, 0.5) is 10.5 Å². The summed E-state index contributed by atoms with van der Waals surface area (Å²) >= 11 is 0. The largest absolute Gasteiger partial charge is 0.494 e. The van der Waals surface area contributed by atoms with Crippen LogP contribution in [-0.2, 0) is 9.59 Å². The first-order valence-electron chi connectivity index (χ1n) is 9.37. The van der Waals surface area contributed by atoms with Crippen LogP contribution in [0.5, 0.6) is 23.0 Å². The van der Waals surface area contributed by atoms with E-state index in [9.17, 15) is 14.4 Å². The van der Waals surface area contributed by atoms with Gasteiger partial charge in [-0.15, -0.1) is 0 Å². The molecule has 9 heteroatoms. The Morgan fingerprint density at radius 1 is 0.935 bits per heavy atom. The van der Waals surface area contributed by atoms with Gasteiger partial charge in [-0.1, -0.05) is 0 Å². The van der Waals surface area contributed by atoms with Crippen LogP contribution < -0.4 is 29.2 Å². The number of amides is 4. The maximum Gasteiger partial charge on any atom is 0.335 e. The summed E-state index contributed by atoms with van der Waals surface area (Å²) < 4.78 is 21.3. The number of ether oxygens (including phenoxy) is 4. The van der Waals surface area contributed by atoms with Gasteiger partial charge in [0, 0.05) is 0 Å². The lowest BCUT2D eigenvalue weighted by molar-refractivity contribution is -0.122. The number of hydrogen-bond acceptors (Lipinski definition) is 7. The maximum absolute atomic E-state index is 13.1. The van der Waals surface area contributed by atoms with E-state index in [2.05, 4.69) is 5.32 Å². The first-order chi connectivity index (χ1) is 14.9. The summed E-state index contributed by atoms with van der Waals surface area (Å²) in [6.07, 6.45) is 1.36. The summed E-state index contributed by atoms with van der Waals surface area (Å²) in [5.41, 5.74) is 0.533. The first kappa shape index (κ1) is 21.7. The summed E-state index contributed by atoms with van der Waals surface area (Å²) in [7, 11) is 4.38. The second kappa shape index (κ2) is 9.21. The number of rotatable bonds is 7. The molecule has 1 saturated heterocycles. The van der Waals surface area contributed by atoms with E-state index in [0.29, 0.717) is 40.9 Å². The molecular weight excluding hydrogens is 404 g/mol. The van der Waals surface area contributed by atoms with Crippen molar-refractivity contribution < 1.29 is 33.3 Å². The van der Waals surface area contributed by atoms with Gasteiger partial charge < -0.3 is 18.9 Å². The molecule has 162 valence electrons. The zero-order valence-electron chi connectivity index (χ0n) is 17.6. The Balaban J connectivity index is 2.01. The Bertz CT molecular complexity index is 1020. The van der Waals surface area contributed by atoms with Crippen molar-refractivity contribution in [2.24, 2.45) is 0 Å². The Morgan fingerprint density at radius 3 is 2.06 bits per heavy atom. The predicted octanol–water partition coefficient (Wildman–Crippen LogP) is 2.78. The molecule has 0 unspecified atom stereocenters. The number of hydrogen-bond donors (Lipinski definition) is 1. The quantitative estimate of drug-likeness (QED) is 0.536. The van der Waals surface area contributed by atoms with Gasteiger partial charge in [0.2, 0.25) is 5.75 Å². The standard InChI is InChI=1S/C22H22N2O7/c1-5-31-15-8-6-14(7-9-15)24-21(26)16(20(25)23-22(24)27)10-13-11-17(28-2)19(30-4)18(12-13)29-3/h6-12H,5H2,1-4H3,(H,23,25,27)/b16-10+. The van der Waals surface area contributed by atoms with Gasteiger partial charge in [-0.25, -0.2) is 9.69 Å². The minimum absolute atomic E-state index is 0.220. The van der Waals surface area contributed by atoms with E-state index < -0.39 is 17.8 Å². The van der Waals surface area contributed by atoms with Crippen molar-refractivity contribution in [3.63, 3.8) is 0 Å². The van der Waals surface area contributed by atoms with Gasteiger partial charge in [0.25, 0.3) is 11.8 Å². The van der Waals surface area contributed by atoms with Crippen LogP contribution in [0.15, 0.2) is 42.0 Å². The average Bonchev–Trinajstić information content (AvgIpc) is 2.77. The predicted molar refractivity (Wildman–Crippen MR) is 113 cm³/mol. The number of urea groups is 1.